The molecule has 2 N–H and O–H groups in total. The van der Waals surface area contributed by atoms with Crippen LogP contribution in [0.15, 0.2) is 23.1 Å². The molecule has 20 heavy (non-hydrogen) atoms. The number of piperazine rings is 1. The first-order chi connectivity index (χ1) is 9.51. The van der Waals surface area contributed by atoms with Crippen LogP contribution in [0.5, 0.6) is 0 Å². The van der Waals surface area contributed by atoms with Crippen LogP contribution in [0.3, 0.4) is 0 Å². The number of carbonyl (C=O) groups excluding carboxylic acids is 1. The predicted octanol–water partition coefficient (Wildman–Crippen LogP) is -0.0169. The molecule has 110 valence electrons. The molecule has 6 heteroatoms. The first-order valence-electron chi connectivity index (χ1n) is 6.95. The van der Waals surface area contributed by atoms with Gasteiger partial charge in [-0.2, -0.15) is 0 Å². The average Bonchev–Trinajstić information content (AvgIpc) is 2.43. The number of aromatic nitrogens is 1. The predicted molar refractivity (Wildman–Crippen MR) is 78.4 cm³/mol. The van der Waals surface area contributed by atoms with Gasteiger partial charge in [-0.1, -0.05) is 6.92 Å². The van der Waals surface area contributed by atoms with Crippen molar-refractivity contribution in [1.29, 1.82) is 0 Å². The Morgan fingerprint density at radius 3 is 2.85 bits per heavy atom. The quantitative estimate of drug-likeness (QED) is 0.843. The van der Waals surface area contributed by atoms with E-state index in [-0.39, 0.29) is 18.0 Å². The number of pyridine rings is 1. The summed E-state index contributed by atoms with van der Waals surface area (Å²) in [5.74, 6) is -0.0238. The third-order valence-electron chi connectivity index (χ3n) is 3.91. The first-order valence-corrected chi connectivity index (χ1v) is 6.95. The zero-order valence-corrected chi connectivity index (χ0v) is 12.1. The van der Waals surface area contributed by atoms with Crippen molar-refractivity contribution in [1.82, 2.24) is 14.4 Å². The van der Waals surface area contributed by atoms with E-state index >= 15 is 0 Å². The Labute approximate surface area is 118 Å². The molecule has 1 atom stereocenters. The zero-order valence-electron chi connectivity index (χ0n) is 12.1. The molecule has 1 unspecified atom stereocenters. The second-order valence-electron chi connectivity index (χ2n) is 5.31. The Bertz CT molecular complexity index is 540. The highest BCUT2D eigenvalue weighted by atomic mass is 16.2. The van der Waals surface area contributed by atoms with E-state index < -0.39 is 0 Å². The zero-order chi connectivity index (χ0) is 14.7. The van der Waals surface area contributed by atoms with Gasteiger partial charge in [0.15, 0.2) is 0 Å². The van der Waals surface area contributed by atoms with Crippen molar-refractivity contribution < 1.29 is 4.79 Å². The number of likely N-dealkylation sites (N-methyl/N-ethyl adjacent to an activating group) is 1. The first kappa shape index (κ1) is 14.6. The second kappa shape index (κ2) is 6.09. The summed E-state index contributed by atoms with van der Waals surface area (Å²) >= 11 is 0. The van der Waals surface area contributed by atoms with E-state index in [0.29, 0.717) is 18.3 Å². The Hall–Kier alpha value is -1.82. The molecule has 0 spiro atoms. The van der Waals surface area contributed by atoms with E-state index in [1.165, 1.54) is 16.8 Å². The molecule has 1 amide bonds. The summed E-state index contributed by atoms with van der Waals surface area (Å²) in [6, 6.07) is 3.33. The maximum atomic E-state index is 12.3. The van der Waals surface area contributed by atoms with E-state index in [0.717, 1.165) is 19.5 Å². The van der Waals surface area contributed by atoms with Crippen molar-refractivity contribution in [2.24, 2.45) is 0 Å². The van der Waals surface area contributed by atoms with Crippen LogP contribution in [0.1, 0.15) is 13.3 Å². The fourth-order valence-corrected chi connectivity index (χ4v) is 2.53. The van der Waals surface area contributed by atoms with Crippen molar-refractivity contribution in [2.75, 3.05) is 32.4 Å². The number of nitrogens with zero attached hydrogens (tertiary/aromatic N) is 3. The molecule has 2 rings (SSSR count). The second-order valence-corrected chi connectivity index (χ2v) is 5.31. The minimum atomic E-state index is -0.200. The molecular weight excluding hydrogens is 256 g/mol. The van der Waals surface area contributed by atoms with Crippen LogP contribution in [0.4, 0.5) is 5.69 Å². The van der Waals surface area contributed by atoms with Crippen LogP contribution < -0.4 is 11.3 Å². The van der Waals surface area contributed by atoms with Gasteiger partial charge in [-0.05, 0) is 19.5 Å². The third-order valence-corrected chi connectivity index (χ3v) is 3.91. The number of amides is 1. The molecule has 1 fully saturated rings. The molecule has 0 radical (unpaired) electrons. The monoisotopic (exact) mass is 278 g/mol. The van der Waals surface area contributed by atoms with Gasteiger partial charge in [-0.3, -0.25) is 14.5 Å². The minimum absolute atomic E-state index is 0.0238. The highest BCUT2D eigenvalue weighted by Gasteiger charge is 2.26. The number of carbonyl (C=O) groups is 1. The lowest BCUT2D eigenvalue weighted by molar-refractivity contribution is -0.134. The normalized spacial score (nSPS) is 20.1. The molecule has 0 bridgehead atoms. The van der Waals surface area contributed by atoms with Crippen LogP contribution in [0.25, 0.3) is 0 Å². The molecule has 1 aromatic heterocycles. The lowest BCUT2D eigenvalue weighted by Gasteiger charge is -2.39. The van der Waals surface area contributed by atoms with Gasteiger partial charge in [0.05, 0.1) is 0 Å². The van der Waals surface area contributed by atoms with Gasteiger partial charge < -0.3 is 15.2 Å². The van der Waals surface area contributed by atoms with Crippen molar-refractivity contribution in [2.45, 2.75) is 25.9 Å². The van der Waals surface area contributed by atoms with Gasteiger partial charge in [-0.15, -0.1) is 0 Å². The largest absolute Gasteiger partial charge is 0.398 e. The van der Waals surface area contributed by atoms with Crippen molar-refractivity contribution in [3.8, 4) is 0 Å². The van der Waals surface area contributed by atoms with Crippen LogP contribution >= 0.6 is 0 Å². The van der Waals surface area contributed by atoms with Gasteiger partial charge in [0.25, 0.3) is 5.56 Å². The topological polar surface area (TPSA) is 71.6 Å². The average molecular weight is 278 g/mol. The summed E-state index contributed by atoms with van der Waals surface area (Å²) in [6.07, 6.45) is 2.53. The van der Waals surface area contributed by atoms with E-state index in [4.69, 9.17) is 5.73 Å². The molecule has 0 aromatic carbocycles. The van der Waals surface area contributed by atoms with E-state index in [2.05, 4.69) is 18.9 Å². The van der Waals surface area contributed by atoms with Crippen molar-refractivity contribution in [3.63, 3.8) is 0 Å². The standard InChI is InChI=1S/C14H22N4O2/c1-3-12-9-17(7-6-16(12)2)14(20)10-18-8-11(15)4-5-13(18)19/h4-5,8,12H,3,6-7,9-10,15H2,1-2H3. The van der Waals surface area contributed by atoms with Crippen LogP contribution in [0, 0.1) is 0 Å². The molecule has 0 aliphatic carbocycles. The highest BCUT2D eigenvalue weighted by Crippen LogP contribution is 2.11. The van der Waals surface area contributed by atoms with Crippen molar-refractivity contribution in [3.05, 3.63) is 28.7 Å². The SMILES string of the molecule is CCC1CN(C(=O)Cn2cc(N)ccc2=O)CCN1C. The summed E-state index contributed by atoms with van der Waals surface area (Å²) in [6.45, 7) is 4.49. The summed E-state index contributed by atoms with van der Waals surface area (Å²) in [5.41, 5.74) is 5.94. The van der Waals surface area contributed by atoms with E-state index in [9.17, 15) is 9.59 Å². The molecule has 6 nitrogen and oxygen atoms in total. The maximum absolute atomic E-state index is 12.3. The lowest BCUT2D eigenvalue weighted by atomic mass is 10.1. The Morgan fingerprint density at radius 1 is 1.40 bits per heavy atom. The molecule has 1 aliphatic heterocycles. The Morgan fingerprint density at radius 2 is 2.15 bits per heavy atom. The summed E-state index contributed by atoms with van der Waals surface area (Å²) in [7, 11) is 2.08. The van der Waals surface area contributed by atoms with Crippen molar-refractivity contribution >= 4 is 11.6 Å². The molecule has 0 saturated carbocycles. The lowest BCUT2D eigenvalue weighted by Crippen LogP contribution is -2.53. The number of hydrogen-bond donors (Lipinski definition) is 1. The molecule has 2 heterocycles. The summed E-state index contributed by atoms with van der Waals surface area (Å²) in [5, 5.41) is 0. The Balaban J connectivity index is 2.05. The van der Waals surface area contributed by atoms with Gasteiger partial charge in [0.1, 0.15) is 6.54 Å². The molecule has 1 aromatic rings. The number of hydrogen-bond acceptors (Lipinski definition) is 4. The van der Waals surface area contributed by atoms with Gasteiger partial charge in [0, 0.05) is 43.6 Å². The number of nitrogen functional groups attached to an aromatic ring is 1. The van der Waals surface area contributed by atoms with Gasteiger partial charge >= 0.3 is 0 Å². The molecule has 1 aliphatic rings. The fraction of sp³-hybridized carbons (Fsp3) is 0.571. The summed E-state index contributed by atoms with van der Waals surface area (Å²) in [4.78, 5) is 28.1. The van der Waals surface area contributed by atoms with Gasteiger partial charge in [-0.25, -0.2) is 0 Å². The van der Waals surface area contributed by atoms with Crippen LogP contribution in [-0.4, -0.2) is 53.0 Å². The highest BCUT2D eigenvalue weighted by molar-refractivity contribution is 5.76. The van der Waals surface area contributed by atoms with Gasteiger partial charge in [0.2, 0.25) is 5.91 Å². The molecule has 1 saturated heterocycles. The minimum Gasteiger partial charge on any atom is -0.398 e. The Kier molecular flexibility index (Phi) is 4.44. The number of nitrogens with two attached hydrogens (primary N) is 1. The van der Waals surface area contributed by atoms with Crippen LogP contribution in [-0.2, 0) is 11.3 Å². The van der Waals surface area contributed by atoms with Crippen LogP contribution in [0.2, 0.25) is 0 Å². The van der Waals surface area contributed by atoms with E-state index in [1.54, 1.807) is 6.07 Å². The smallest absolute Gasteiger partial charge is 0.251 e. The fourth-order valence-electron chi connectivity index (χ4n) is 2.53. The number of anilines is 1. The maximum Gasteiger partial charge on any atom is 0.251 e. The summed E-state index contributed by atoms with van der Waals surface area (Å²) < 4.78 is 1.37. The molecular formula is C14H22N4O2. The third kappa shape index (κ3) is 3.19. The van der Waals surface area contributed by atoms with E-state index in [1.807, 2.05) is 4.90 Å². The number of rotatable bonds is 3.